The van der Waals surface area contributed by atoms with Gasteiger partial charge in [0, 0.05) is 6.20 Å². The van der Waals surface area contributed by atoms with Crippen molar-refractivity contribution in [3.05, 3.63) is 24.0 Å². The van der Waals surface area contributed by atoms with Crippen LogP contribution >= 0.6 is 0 Å². The molecule has 1 aromatic heterocycles. The van der Waals surface area contributed by atoms with Crippen molar-refractivity contribution >= 4 is 12.3 Å². The van der Waals surface area contributed by atoms with Gasteiger partial charge in [0.1, 0.15) is 6.04 Å². The van der Waals surface area contributed by atoms with Crippen LogP contribution in [0.3, 0.4) is 0 Å². The number of carbonyl (C=O) groups excluding carboxylic acids is 2. The summed E-state index contributed by atoms with van der Waals surface area (Å²) in [6, 6.07) is 2.95. The van der Waals surface area contributed by atoms with Gasteiger partial charge in [0.05, 0.1) is 12.3 Å². The molecular weight excluding hydrogens is 206 g/mol. The molecule has 0 N–H and O–H groups in total. The Balaban J connectivity index is 2.59. The van der Waals surface area contributed by atoms with Crippen LogP contribution in [0.5, 0.6) is 0 Å². The van der Waals surface area contributed by atoms with Gasteiger partial charge in [0.25, 0.3) is 0 Å². The molecule has 16 heavy (non-hydrogen) atoms. The molecule has 0 aliphatic heterocycles. The first-order valence-corrected chi connectivity index (χ1v) is 5.49. The van der Waals surface area contributed by atoms with Crippen LogP contribution in [0.4, 0.5) is 0 Å². The number of hydrogen-bond donors (Lipinski definition) is 0. The lowest BCUT2D eigenvalue weighted by atomic mass is 10.3. The maximum Gasteiger partial charge on any atom is 0.328 e. The highest BCUT2D eigenvalue weighted by Gasteiger charge is 2.17. The third-order valence-electron chi connectivity index (χ3n) is 2.43. The lowest BCUT2D eigenvalue weighted by molar-refractivity contribution is -0.147. The Kier molecular flexibility index (Phi) is 4.76. The summed E-state index contributed by atoms with van der Waals surface area (Å²) in [5.41, 5.74) is 0.486. The molecule has 0 spiro atoms. The lowest BCUT2D eigenvalue weighted by Crippen LogP contribution is -2.20. The summed E-state index contributed by atoms with van der Waals surface area (Å²) in [6.07, 6.45) is 4.29. The van der Waals surface area contributed by atoms with E-state index in [4.69, 9.17) is 4.74 Å². The molecule has 4 nitrogen and oxygen atoms in total. The Morgan fingerprint density at radius 3 is 3.00 bits per heavy atom. The van der Waals surface area contributed by atoms with Crippen molar-refractivity contribution in [2.45, 2.75) is 32.7 Å². The van der Waals surface area contributed by atoms with E-state index in [1.165, 1.54) is 0 Å². The predicted molar refractivity (Wildman–Crippen MR) is 60.4 cm³/mol. The Bertz CT molecular complexity index is 357. The smallest absolute Gasteiger partial charge is 0.328 e. The highest BCUT2D eigenvalue weighted by atomic mass is 16.5. The van der Waals surface area contributed by atoms with Crippen molar-refractivity contribution in [1.82, 2.24) is 4.57 Å². The molecule has 0 aliphatic carbocycles. The molecule has 1 atom stereocenters. The van der Waals surface area contributed by atoms with E-state index in [9.17, 15) is 9.59 Å². The highest BCUT2D eigenvalue weighted by Crippen LogP contribution is 2.12. The Hall–Kier alpha value is -1.58. The number of hydrogen-bond acceptors (Lipinski definition) is 3. The molecule has 0 amide bonds. The van der Waals surface area contributed by atoms with Gasteiger partial charge in [-0.3, -0.25) is 4.79 Å². The number of aldehydes is 1. The van der Waals surface area contributed by atoms with Gasteiger partial charge < -0.3 is 9.30 Å². The zero-order valence-corrected chi connectivity index (χ0v) is 9.68. The van der Waals surface area contributed by atoms with E-state index in [0.717, 1.165) is 19.1 Å². The zero-order valence-electron chi connectivity index (χ0n) is 9.68. The second kappa shape index (κ2) is 6.10. The van der Waals surface area contributed by atoms with Crippen LogP contribution in [0.25, 0.3) is 0 Å². The summed E-state index contributed by atoms with van der Waals surface area (Å²) in [6.45, 7) is 4.20. The molecule has 0 bridgehead atoms. The molecule has 1 heterocycles. The van der Waals surface area contributed by atoms with Crippen molar-refractivity contribution in [1.29, 1.82) is 0 Å². The molecule has 1 rings (SSSR count). The molecule has 0 aliphatic rings. The first-order valence-electron chi connectivity index (χ1n) is 5.49. The van der Waals surface area contributed by atoms with E-state index in [0.29, 0.717) is 12.3 Å². The summed E-state index contributed by atoms with van der Waals surface area (Å²) >= 11 is 0. The number of aromatic nitrogens is 1. The number of nitrogens with zero attached hydrogens (tertiary/aromatic N) is 1. The second-order valence-electron chi connectivity index (χ2n) is 3.66. The fraction of sp³-hybridized carbons (Fsp3) is 0.500. The van der Waals surface area contributed by atoms with E-state index in [1.807, 2.05) is 6.92 Å². The van der Waals surface area contributed by atoms with Gasteiger partial charge in [0.2, 0.25) is 0 Å². The maximum absolute atomic E-state index is 11.6. The van der Waals surface area contributed by atoms with Gasteiger partial charge in [-0.15, -0.1) is 0 Å². The number of rotatable bonds is 6. The second-order valence-corrected chi connectivity index (χ2v) is 3.66. The van der Waals surface area contributed by atoms with Gasteiger partial charge in [-0.25, -0.2) is 4.79 Å². The quantitative estimate of drug-likeness (QED) is 0.422. The van der Waals surface area contributed by atoms with E-state index in [2.05, 4.69) is 0 Å². The van der Waals surface area contributed by atoms with E-state index in [1.54, 1.807) is 29.8 Å². The Labute approximate surface area is 95.2 Å². The monoisotopic (exact) mass is 223 g/mol. The molecule has 4 heteroatoms. The molecule has 1 aromatic rings. The third kappa shape index (κ3) is 2.95. The SMILES string of the molecule is CCCCOC(=O)C(C)n1cccc1C=O. The van der Waals surface area contributed by atoms with Crippen LogP contribution in [0.2, 0.25) is 0 Å². The summed E-state index contributed by atoms with van der Waals surface area (Å²) in [4.78, 5) is 22.3. The standard InChI is InChI=1S/C12H17NO3/c1-3-4-8-16-12(15)10(2)13-7-5-6-11(13)9-14/h5-7,9-10H,3-4,8H2,1-2H3. The van der Waals surface area contributed by atoms with Crippen LogP contribution in [-0.2, 0) is 9.53 Å². The van der Waals surface area contributed by atoms with E-state index in [-0.39, 0.29) is 5.97 Å². The van der Waals surface area contributed by atoms with Crippen LogP contribution < -0.4 is 0 Å². The molecule has 0 saturated carbocycles. The number of esters is 1. The highest BCUT2D eigenvalue weighted by molar-refractivity contribution is 5.77. The normalized spacial score (nSPS) is 12.1. The number of carbonyl (C=O) groups is 2. The number of ether oxygens (including phenoxy) is 1. The van der Waals surface area contributed by atoms with Crippen molar-refractivity contribution in [3.63, 3.8) is 0 Å². The summed E-state index contributed by atoms with van der Waals surface area (Å²) < 4.78 is 6.70. The molecule has 0 radical (unpaired) electrons. The van der Waals surface area contributed by atoms with Gasteiger partial charge >= 0.3 is 5.97 Å². The molecule has 0 saturated heterocycles. The fourth-order valence-corrected chi connectivity index (χ4v) is 1.41. The topological polar surface area (TPSA) is 48.3 Å². The summed E-state index contributed by atoms with van der Waals surface area (Å²) in [5.74, 6) is -0.298. The van der Waals surface area contributed by atoms with Crippen LogP contribution in [-0.4, -0.2) is 23.4 Å². The predicted octanol–water partition coefficient (Wildman–Crippen LogP) is 2.20. The Morgan fingerprint density at radius 1 is 1.62 bits per heavy atom. The Morgan fingerprint density at radius 2 is 2.38 bits per heavy atom. The minimum atomic E-state index is -0.452. The molecular formula is C12H17NO3. The van der Waals surface area contributed by atoms with Crippen molar-refractivity contribution < 1.29 is 14.3 Å². The zero-order chi connectivity index (χ0) is 12.0. The van der Waals surface area contributed by atoms with Crippen molar-refractivity contribution in [3.8, 4) is 0 Å². The van der Waals surface area contributed by atoms with Gasteiger partial charge in [-0.1, -0.05) is 13.3 Å². The minimum absolute atomic E-state index is 0.298. The molecule has 88 valence electrons. The summed E-state index contributed by atoms with van der Waals surface area (Å²) in [5, 5.41) is 0. The largest absolute Gasteiger partial charge is 0.464 e. The minimum Gasteiger partial charge on any atom is -0.464 e. The van der Waals surface area contributed by atoms with Crippen molar-refractivity contribution in [2.75, 3.05) is 6.61 Å². The average Bonchev–Trinajstić information content (AvgIpc) is 2.76. The van der Waals surface area contributed by atoms with Crippen LogP contribution in [0, 0.1) is 0 Å². The fourth-order valence-electron chi connectivity index (χ4n) is 1.41. The lowest BCUT2D eigenvalue weighted by Gasteiger charge is -2.14. The third-order valence-corrected chi connectivity index (χ3v) is 2.43. The van der Waals surface area contributed by atoms with Crippen LogP contribution in [0.15, 0.2) is 18.3 Å². The summed E-state index contributed by atoms with van der Waals surface area (Å²) in [7, 11) is 0. The average molecular weight is 223 g/mol. The first kappa shape index (κ1) is 12.5. The van der Waals surface area contributed by atoms with Gasteiger partial charge in [-0.2, -0.15) is 0 Å². The van der Waals surface area contributed by atoms with E-state index < -0.39 is 6.04 Å². The maximum atomic E-state index is 11.6. The van der Waals surface area contributed by atoms with Crippen molar-refractivity contribution in [2.24, 2.45) is 0 Å². The van der Waals surface area contributed by atoms with Crippen LogP contribution in [0.1, 0.15) is 43.2 Å². The van der Waals surface area contributed by atoms with Gasteiger partial charge in [0.15, 0.2) is 6.29 Å². The molecule has 0 aromatic carbocycles. The molecule has 0 fully saturated rings. The number of unbranched alkanes of at least 4 members (excludes halogenated alkanes) is 1. The van der Waals surface area contributed by atoms with E-state index >= 15 is 0 Å². The van der Waals surface area contributed by atoms with Gasteiger partial charge in [-0.05, 0) is 25.5 Å². The first-order chi connectivity index (χ1) is 7.70. The molecule has 1 unspecified atom stereocenters.